The van der Waals surface area contributed by atoms with Gasteiger partial charge >= 0.3 is 0 Å². The summed E-state index contributed by atoms with van der Waals surface area (Å²) < 4.78 is 1.01. The molecular formula is C21H17N3OS2. The lowest BCUT2D eigenvalue weighted by Crippen LogP contribution is -2.11. The zero-order chi connectivity index (χ0) is 18.2. The van der Waals surface area contributed by atoms with Gasteiger partial charge in [0, 0.05) is 10.9 Å². The Balaban J connectivity index is 1.36. The summed E-state index contributed by atoms with van der Waals surface area (Å²) in [4.78, 5) is 21.5. The van der Waals surface area contributed by atoms with E-state index in [1.54, 1.807) is 0 Å². The monoisotopic (exact) mass is 391 g/mol. The van der Waals surface area contributed by atoms with Crippen LogP contribution in [0.1, 0.15) is 33.8 Å². The number of carbonyl (C=O) groups excluding carboxylic acids is 1. The molecule has 6 heteroatoms. The quantitative estimate of drug-likeness (QED) is 0.498. The maximum Gasteiger partial charge on any atom is 0.286 e. The SMILES string of the molecule is O=C(Nc1nc(-c2ccc3c(c2)CCCC3)cs1)c1nc2ccccc2s1. The molecular weight excluding hydrogens is 374 g/mol. The van der Waals surface area contributed by atoms with Gasteiger partial charge in [-0.1, -0.05) is 24.3 Å². The molecule has 0 fully saturated rings. The second-order valence-electron chi connectivity index (χ2n) is 6.67. The lowest BCUT2D eigenvalue weighted by Gasteiger charge is -2.16. The molecule has 0 atom stereocenters. The number of benzene rings is 2. The molecule has 0 radical (unpaired) electrons. The fraction of sp³-hybridized carbons (Fsp3) is 0.190. The molecule has 1 amide bonds. The minimum atomic E-state index is -0.206. The van der Waals surface area contributed by atoms with Gasteiger partial charge in [0.15, 0.2) is 10.1 Å². The van der Waals surface area contributed by atoms with Crippen molar-refractivity contribution in [3.63, 3.8) is 0 Å². The maximum absolute atomic E-state index is 12.5. The van der Waals surface area contributed by atoms with E-state index in [-0.39, 0.29) is 5.91 Å². The van der Waals surface area contributed by atoms with E-state index < -0.39 is 0 Å². The van der Waals surface area contributed by atoms with E-state index in [4.69, 9.17) is 0 Å². The van der Waals surface area contributed by atoms with Crippen LogP contribution in [0, 0.1) is 0 Å². The smallest absolute Gasteiger partial charge is 0.286 e. The first-order valence-electron chi connectivity index (χ1n) is 9.01. The number of thiazole rings is 2. The highest BCUT2D eigenvalue weighted by molar-refractivity contribution is 7.20. The second kappa shape index (κ2) is 6.87. The van der Waals surface area contributed by atoms with Crippen LogP contribution in [0.25, 0.3) is 21.5 Å². The zero-order valence-electron chi connectivity index (χ0n) is 14.6. The Morgan fingerprint density at radius 1 is 1.00 bits per heavy atom. The van der Waals surface area contributed by atoms with Gasteiger partial charge in [-0.15, -0.1) is 22.7 Å². The van der Waals surface area contributed by atoms with Crippen molar-refractivity contribution in [2.24, 2.45) is 0 Å². The third kappa shape index (κ3) is 3.26. The van der Waals surface area contributed by atoms with Crippen LogP contribution in [0.2, 0.25) is 0 Å². The number of para-hydroxylation sites is 1. The van der Waals surface area contributed by atoms with E-state index in [1.807, 2.05) is 29.6 Å². The van der Waals surface area contributed by atoms with Gasteiger partial charge in [0.1, 0.15) is 0 Å². The molecule has 0 saturated carbocycles. The summed E-state index contributed by atoms with van der Waals surface area (Å²) in [5, 5.41) is 5.95. The Morgan fingerprint density at radius 3 is 2.74 bits per heavy atom. The molecule has 4 aromatic rings. The third-order valence-corrected chi connectivity index (χ3v) is 6.65. The molecule has 2 heterocycles. The number of fused-ring (bicyclic) bond motifs is 2. The Labute approximate surface area is 164 Å². The molecule has 0 spiro atoms. The van der Waals surface area contributed by atoms with Crippen LogP contribution in [0.15, 0.2) is 47.8 Å². The predicted octanol–water partition coefficient (Wildman–Crippen LogP) is 5.55. The topological polar surface area (TPSA) is 54.9 Å². The van der Waals surface area contributed by atoms with Crippen LogP contribution < -0.4 is 5.32 Å². The van der Waals surface area contributed by atoms with E-state index >= 15 is 0 Å². The Bertz CT molecular complexity index is 1110. The van der Waals surface area contributed by atoms with E-state index in [0.29, 0.717) is 10.1 Å². The van der Waals surface area contributed by atoms with Crippen molar-refractivity contribution in [1.29, 1.82) is 0 Å². The average molecular weight is 392 g/mol. The van der Waals surface area contributed by atoms with E-state index in [9.17, 15) is 4.79 Å². The standard InChI is InChI=1S/C21H17N3OS2/c25-19(20-22-16-7-3-4-8-18(16)27-20)24-21-23-17(12-26-21)15-10-9-13-5-1-2-6-14(13)11-15/h3-4,7-12H,1-2,5-6H2,(H,23,24,25). The van der Waals surface area contributed by atoms with Gasteiger partial charge in [0.2, 0.25) is 0 Å². The van der Waals surface area contributed by atoms with Gasteiger partial charge in [0.05, 0.1) is 15.9 Å². The van der Waals surface area contributed by atoms with Gasteiger partial charge in [-0.3, -0.25) is 10.1 Å². The summed E-state index contributed by atoms with van der Waals surface area (Å²) >= 11 is 2.84. The van der Waals surface area contributed by atoms with Gasteiger partial charge in [0.25, 0.3) is 5.91 Å². The minimum absolute atomic E-state index is 0.206. The van der Waals surface area contributed by atoms with Crippen molar-refractivity contribution in [3.05, 3.63) is 64.0 Å². The first-order chi connectivity index (χ1) is 13.3. The number of anilines is 1. The van der Waals surface area contributed by atoms with Crippen molar-refractivity contribution < 1.29 is 4.79 Å². The molecule has 27 heavy (non-hydrogen) atoms. The highest BCUT2D eigenvalue weighted by Crippen LogP contribution is 2.30. The van der Waals surface area contributed by atoms with Crippen LogP contribution in [0.4, 0.5) is 5.13 Å². The van der Waals surface area contributed by atoms with Crippen LogP contribution >= 0.6 is 22.7 Å². The average Bonchev–Trinajstić information content (AvgIpc) is 3.34. The Hall–Kier alpha value is -2.57. The van der Waals surface area contributed by atoms with Crippen molar-refractivity contribution in [1.82, 2.24) is 9.97 Å². The van der Waals surface area contributed by atoms with Crippen LogP contribution in [-0.2, 0) is 12.8 Å². The van der Waals surface area contributed by atoms with E-state index in [0.717, 1.165) is 27.9 Å². The van der Waals surface area contributed by atoms with Gasteiger partial charge < -0.3 is 0 Å². The van der Waals surface area contributed by atoms with Crippen LogP contribution in [0.3, 0.4) is 0 Å². The minimum Gasteiger partial charge on any atom is -0.296 e. The Kier molecular flexibility index (Phi) is 4.22. The van der Waals surface area contributed by atoms with Crippen LogP contribution in [0.5, 0.6) is 0 Å². The molecule has 134 valence electrons. The van der Waals surface area contributed by atoms with Gasteiger partial charge in [-0.25, -0.2) is 9.97 Å². The predicted molar refractivity (Wildman–Crippen MR) is 112 cm³/mol. The number of hydrogen-bond acceptors (Lipinski definition) is 5. The summed E-state index contributed by atoms with van der Waals surface area (Å²) in [7, 11) is 0. The number of hydrogen-bond donors (Lipinski definition) is 1. The molecule has 0 aliphatic heterocycles. The molecule has 0 saturated heterocycles. The lowest BCUT2D eigenvalue weighted by atomic mass is 9.90. The lowest BCUT2D eigenvalue weighted by molar-refractivity contribution is 0.102. The number of amides is 1. The van der Waals surface area contributed by atoms with Crippen molar-refractivity contribution in [2.45, 2.75) is 25.7 Å². The second-order valence-corrected chi connectivity index (χ2v) is 8.56. The van der Waals surface area contributed by atoms with Gasteiger partial charge in [-0.05, 0) is 55.0 Å². The highest BCUT2D eigenvalue weighted by atomic mass is 32.1. The number of nitrogens with one attached hydrogen (secondary N) is 1. The first kappa shape index (κ1) is 16.6. The van der Waals surface area contributed by atoms with Crippen molar-refractivity contribution >= 4 is 43.9 Å². The molecule has 0 bridgehead atoms. The third-order valence-electron chi connectivity index (χ3n) is 4.86. The summed E-state index contributed by atoms with van der Waals surface area (Å²) in [5.41, 5.74) is 5.78. The van der Waals surface area contributed by atoms with Crippen molar-refractivity contribution in [2.75, 3.05) is 5.32 Å². The number of aryl methyl sites for hydroxylation is 2. The molecule has 1 aliphatic carbocycles. The normalized spacial score (nSPS) is 13.5. The molecule has 4 nitrogen and oxygen atoms in total. The summed E-state index contributed by atoms with van der Waals surface area (Å²) in [6.45, 7) is 0. The molecule has 2 aromatic carbocycles. The summed E-state index contributed by atoms with van der Waals surface area (Å²) in [6, 6.07) is 14.4. The fourth-order valence-electron chi connectivity index (χ4n) is 3.48. The molecule has 5 rings (SSSR count). The number of nitrogens with zero attached hydrogens (tertiary/aromatic N) is 2. The Morgan fingerprint density at radius 2 is 1.85 bits per heavy atom. The number of aromatic nitrogens is 2. The molecule has 1 N–H and O–H groups in total. The largest absolute Gasteiger partial charge is 0.296 e. The zero-order valence-corrected chi connectivity index (χ0v) is 16.2. The van der Waals surface area contributed by atoms with Crippen LogP contribution in [-0.4, -0.2) is 15.9 Å². The van der Waals surface area contributed by atoms with E-state index in [1.165, 1.54) is 53.1 Å². The fourth-order valence-corrected chi connectivity index (χ4v) is 5.05. The molecule has 1 aliphatic rings. The highest BCUT2D eigenvalue weighted by Gasteiger charge is 2.15. The van der Waals surface area contributed by atoms with E-state index in [2.05, 4.69) is 33.5 Å². The molecule has 0 unspecified atom stereocenters. The summed E-state index contributed by atoms with van der Waals surface area (Å²) in [6.07, 6.45) is 4.87. The molecule has 2 aromatic heterocycles. The number of carbonyl (C=O) groups is 1. The summed E-state index contributed by atoms with van der Waals surface area (Å²) in [5.74, 6) is -0.206. The maximum atomic E-state index is 12.5. The number of rotatable bonds is 3. The van der Waals surface area contributed by atoms with Crippen molar-refractivity contribution in [3.8, 4) is 11.3 Å². The van der Waals surface area contributed by atoms with Gasteiger partial charge in [-0.2, -0.15) is 0 Å². The first-order valence-corrected chi connectivity index (χ1v) is 10.7.